The molecular formula is C10H15N3O3. The number of carbonyl (C=O) groups is 1. The van der Waals surface area contributed by atoms with Crippen LogP contribution in [0.3, 0.4) is 0 Å². The summed E-state index contributed by atoms with van der Waals surface area (Å²) in [5, 5.41) is 9.02. The predicted octanol–water partition coefficient (Wildman–Crippen LogP) is -0.369. The quantitative estimate of drug-likeness (QED) is 0.720. The van der Waals surface area contributed by atoms with E-state index >= 15 is 0 Å². The maximum Gasteiger partial charge on any atom is 0.272 e. The summed E-state index contributed by atoms with van der Waals surface area (Å²) in [4.78, 5) is 20.3. The summed E-state index contributed by atoms with van der Waals surface area (Å²) < 4.78 is 5.37. The number of carbonyl (C=O) groups excluding carboxylic acids is 1. The Bertz CT molecular complexity index is 352. The standard InChI is InChI=1S/C10H15N3O3/c1-7-5-16-8(4-14)3-13(7)10(15)9-2-11-6-12-9/h2,6-8,14H,3-5H2,1H3,(H,11,12). The van der Waals surface area contributed by atoms with Crippen LogP contribution in [0.4, 0.5) is 0 Å². The average Bonchev–Trinajstić information content (AvgIpc) is 2.82. The second-order valence-electron chi connectivity index (χ2n) is 3.91. The number of ether oxygens (including phenoxy) is 1. The van der Waals surface area contributed by atoms with Crippen molar-refractivity contribution in [1.29, 1.82) is 0 Å². The molecule has 88 valence electrons. The smallest absolute Gasteiger partial charge is 0.272 e. The largest absolute Gasteiger partial charge is 0.394 e. The molecule has 1 aliphatic heterocycles. The summed E-state index contributed by atoms with van der Waals surface area (Å²) in [6, 6.07) is 0.0126. The summed E-state index contributed by atoms with van der Waals surface area (Å²) in [6.07, 6.45) is 2.68. The fraction of sp³-hybridized carbons (Fsp3) is 0.600. The van der Waals surface area contributed by atoms with Crippen molar-refractivity contribution in [1.82, 2.24) is 14.9 Å². The lowest BCUT2D eigenvalue weighted by Gasteiger charge is -2.37. The topological polar surface area (TPSA) is 78.5 Å². The minimum absolute atomic E-state index is 0.0126. The van der Waals surface area contributed by atoms with Gasteiger partial charge in [0.2, 0.25) is 0 Å². The van der Waals surface area contributed by atoms with E-state index in [1.807, 2.05) is 6.92 Å². The summed E-state index contributed by atoms with van der Waals surface area (Å²) in [5.41, 5.74) is 0.463. The molecular weight excluding hydrogens is 210 g/mol. The molecule has 6 nitrogen and oxygen atoms in total. The lowest BCUT2D eigenvalue weighted by atomic mass is 10.2. The molecule has 0 saturated carbocycles. The fourth-order valence-electron chi connectivity index (χ4n) is 1.74. The van der Waals surface area contributed by atoms with E-state index in [2.05, 4.69) is 9.97 Å². The van der Waals surface area contributed by atoms with Crippen molar-refractivity contribution < 1.29 is 14.6 Å². The summed E-state index contributed by atoms with van der Waals surface area (Å²) >= 11 is 0. The number of aliphatic hydroxyl groups excluding tert-OH is 1. The minimum Gasteiger partial charge on any atom is -0.394 e. The molecule has 1 amide bonds. The van der Waals surface area contributed by atoms with Crippen LogP contribution in [0.25, 0.3) is 0 Å². The highest BCUT2D eigenvalue weighted by molar-refractivity contribution is 5.92. The number of amides is 1. The minimum atomic E-state index is -0.289. The molecule has 16 heavy (non-hydrogen) atoms. The number of imidazole rings is 1. The van der Waals surface area contributed by atoms with E-state index in [1.54, 1.807) is 4.90 Å². The number of H-pyrrole nitrogens is 1. The lowest BCUT2D eigenvalue weighted by molar-refractivity contribution is -0.0668. The first-order valence-electron chi connectivity index (χ1n) is 5.24. The first kappa shape index (κ1) is 11.1. The monoisotopic (exact) mass is 225 g/mol. The van der Waals surface area contributed by atoms with Crippen molar-refractivity contribution in [3.63, 3.8) is 0 Å². The van der Waals surface area contributed by atoms with Gasteiger partial charge in [0.1, 0.15) is 5.69 Å². The van der Waals surface area contributed by atoms with Crippen molar-refractivity contribution in [2.75, 3.05) is 19.8 Å². The highest BCUT2D eigenvalue weighted by Gasteiger charge is 2.30. The Morgan fingerprint density at radius 1 is 1.81 bits per heavy atom. The predicted molar refractivity (Wildman–Crippen MR) is 55.9 cm³/mol. The molecule has 1 saturated heterocycles. The van der Waals surface area contributed by atoms with Gasteiger partial charge in [0, 0.05) is 6.54 Å². The van der Waals surface area contributed by atoms with Crippen LogP contribution >= 0.6 is 0 Å². The molecule has 0 aromatic carbocycles. The van der Waals surface area contributed by atoms with E-state index in [4.69, 9.17) is 9.84 Å². The van der Waals surface area contributed by atoms with Crippen LogP contribution in [0.15, 0.2) is 12.5 Å². The molecule has 6 heteroatoms. The second-order valence-corrected chi connectivity index (χ2v) is 3.91. The van der Waals surface area contributed by atoms with E-state index in [0.717, 1.165) is 0 Å². The summed E-state index contributed by atoms with van der Waals surface area (Å²) in [6.45, 7) is 2.71. The molecule has 0 radical (unpaired) electrons. The van der Waals surface area contributed by atoms with E-state index in [-0.39, 0.29) is 24.7 Å². The molecule has 0 aliphatic carbocycles. The summed E-state index contributed by atoms with van der Waals surface area (Å²) in [7, 11) is 0. The first-order chi connectivity index (χ1) is 7.72. The molecule has 1 aliphatic rings. The molecule has 2 heterocycles. The Kier molecular flexibility index (Phi) is 3.21. The van der Waals surface area contributed by atoms with Crippen LogP contribution in [-0.4, -0.2) is 57.8 Å². The fourth-order valence-corrected chi connectivity index (χ4v) is 1.74. The maximum atomic E-state index is 12.1. The normalized spacial score (nSPS) is 25.8. The number of aromatic nitrogens is 2. The van der Waals surface area contributed by atoms with Gasteiger partial charge in [-0.15, -0.1) is 0 Å². The molecule has 1 aromatic heterocycles. The Morgan fingerprint density at radius 2 is 2.62 bits per heavy atom. The molecule has 1 aromatic rings. The van der Waals surface area contributed by atoms with Crippen molar-refractivity contribution in [3.8, 4) is 0 Å². The summed E-state index contributed by atoms with van der Waals surface area (Å²) in [5.74, 6) is -0.105. The zero-order valence-corrected chi connectivity index (χ0v) is 9.09. The van der Waals surface area contributed by atoms with Crippen LogP contribution in [0, 0.1) is 0 Å². The van der Waals surface area contributed by atoms with Gasteiger partial charge in [-0.1, -0.05) is 0 Å². The number of aliphatic hydroxyl groups is 1. The van der Waals surface area contributed by atoms with Crippen molar-refractivity contribution in [3.05, 3.63) is 18.2 Å². The van der Waals surface area contributed by atoms with Crippen molar-refractivity contribution >= 4 is 5.91 Å². The third-order valence-corrected chi connectivity index (χ3v) is 2.70. The van der Waals surface area contributed by atoms with E-state index in [1.165, 1.54) is 12.5 Å². The van der Waals surface area contributed by atoms with Gasteiger partial charge in [-0.05, 0) is 6.92 Å². The van der Waals surface area contributed by atoms with Gasteiger partial charge >= 0.3 is 0 Å². The average molecular weight is 225 g/mol. The molecule has 0 bridgehead atoms. The molecule has 2 atom stereocenters. The van der Waals surface area contributed by atoms with Gasteiger partial charge in [0.15, 0.2) is 0 Å². The van der Waals surface area contributed by atoms with E-state index in [0.29, 0.717) is 18.8 Å². The third-order valence-electron chi connectivity index (χ3n) is 2.70. The zero-order chi connectivity index (χ0) is 11.5. The van der Waals surface area contributed by atoms with Crippen LogP contribution in [0.1, 0.15) is 17.4 Å². The van der Waals surface area contributed by atoms with Gasteiger partial charge in [0.25, 0.3) is 5.91 Å². The number of rotatable bonds is 2. The number of morpholine rings is 1. The van der Waals surface area contributed by atoms with Crippen molar-refractivity contribution in [2.45, 2.75) is 19.1 Å². The Morgan fingerprint density at radius 3 is 3.25 bits per heavy atom. The van der Waals surface area contributed by atoms with Crippen LogP contribution in [-0.2, 0) is 4.74 Å². The van der Waals surface area contributed by atoms with Gasteiger partial charge in [0.05, 0.1) is 37.9 Å². The Labute approximate surface area is 93.2 Å². The van der Waals surface area contributed by atoms with E-state index < -0.39 is 0 Å². The number of hydrogen-bond acceptors (Lipinski definition) is 4. The van der Waals surface area contributed by atoms with E-state index in [9.17, 15) is 4.79 Å². The number of hydrogen-bond donors (Lipinski definition) is 2. The maximum absolute atomic E-state index is 12.1. The molecule has 2 rings (SSSR count). The van der Waals surface area contributed by atoms with Gasteiger partial charge < -0.3 is 19.7 Å². The number of aromatic amines is 1. The Hall–Kier alpha value is -1.40. The van der Waals surface area contributed by atoms with Crippen LogP contribution < -0.4 is 0 Å². The van der Waals surface area contributed by atoms with Crippen LogP contribution in [0.2, 0.25) is 0 Å². The molecule has 2 N–H and O–H groups in total. The zero-order valence-electron chi connectivity index (χ0n) is 9.09. The number of nitrogens with zero attached hydrogens (tertiary/aromatic N) is 2. The van der Waals surface area contributed by atoms with Crippen molar-refractivity contribution in [2.24, 2.45) is 0 Å². The number of nitrogens with one attached hydrogen (secondary N) is 1. The first-order valence-corrected chi connectivity index (χ1v) is 5.24. The van der Waals surface area contributed by atoms with Crippen LogP contribution in [0.5, 0.6) is 0 Å². The van der Waals surface area contributed by atoms with Gasteiger partial charge in [-0.2, -0.15) is 0 Å². The molecule has 2 unspecified atom stereocenters. The highest BCUT2D eigenvalue weighted by Crippen LogP contribution is 2.14. The van der Waals surface area contributed by atoms with Gasteiger partial charge in [-0.25, -0.2) is 4.98 Å². The highest BCUT2D eigenvalue weighted by atomic mass is 16.5. The molecule has 1 fully saturated rings. The third kappa shape index (κ3) is 2.07. The lowest BCUT2D eigenvalue weighted by Crippen LogP contribution is -2.52. The Balaban J connectivity index is 2.09. The SMILES string of the molecule is CC1COC(CO)CN1C(=O)c1cnc[nH]1. The second kappa shape index (κ2) is 4.63. The van der Waals surface area contributed by atoms with Gasteiger partial charge in [-0.3, -0.25) is 4.79 Å². The molecule has 0 spiro atoms.